The molecule has 0 aliphatic carbocycles. The number of hydrogen-bond donors (Lipinski definition) is 8. The molecule has 0 bridgehead atoms. The van der Waals surface area contributed by atoms with Gasteiger partial charge in [0.1, 0.15) is 36.6 Å². The van der Waals surface area contributed by atoms with E-state index in [1.165, 1.54) is 19.3 Å². The van der Waals surface area contributed by atoms with Crippen molar-refractivity contribution >= 4 is 5.91 Å². The van der Waals surface area contributed by atoms with E-state index in [1.807, 2.05) is 12.2 Å². The summed E-state index contributed by atoms with van der Waals surface area (Å²) in [5, 5.41) is 74.2. The maximum absolute atomic E-state index is 12.8. The Labute approximate surface area is 245 Å². The number of amides is 1. The van der Waals surface area contributed by atoms with Crippen LogP contribution in [0.4, 0.5) is 0 Å². The topological polar surface area (TPSA) is 189 Å². The predicted octanol–water partition coefficient (Wildman–Crippen LogP) is 1.43. The number of aliphatic hydroxyl groups is 7. The molecule has 0 aromatic rings. The monoisotopic (exact) mass is 591 g/mol. The van der Waals surface area contributed by atoms with Crippen LogP contribution < -0.4 is 5.32 Å². The van der Waals surface area contributed by atoms with Gasteiger partial charge in [0, 0.05) is 0 Å². The lowest BCUT2D eigenvalue weighted by molar-refractivity contribution is -0.303. The molecule has 0 spiro atoms. The van der Waals surface area contributed by atoms with Gasteiger partial charge in [0.2, 0.25) is 5.91 Å². The van der Waals surface area contributed by atoms with Crippen LogP contribution in [0.1, 0.15) is 104 Å². The minimum atomic E-state index is -1.66. The van der Waals surface area contributed by atoms with Crippen LogP contribution >= 0.6 is 0 Å². The summed E-state index contributed by atoms with van der Waals surface area (Å²) in [7, 11) is 0. The first-order valence-electron chi connectivity index (χ1n) is 15.6. The third-order valence-corrected chi connectivity index (χ3v) is 7.58. The fourth-order valence-corrected chi connectivity index (χ4v) is 4.79. The third-order valence-electron chi connectivity index (χ3n) is 7.58. The molecule has 9 atom stereocenters. The number of unbranched alkanes of at least 4 members (excludes halogenated alkanes) is 9. The zero-order valence-corrected chi connectivity index (χ0v) is 25.0. The summed E-state index contributed by atoms with van der Waals surface area (Å²) in [4.78, 5) is 12.8. The summed E-state index contributed by atoms with van der Waals surface area (Å²) < 4.78 is 10.9. The van der Waals surface area contributed by atoms with Gasteiger partial charge in [-0.15, -0.1) is 0 Å². The Kier molecular flexibility index (Phi) is 20.7. The summed E-state index contributed by atoms with van der Waals surface area (Å²) in [6.07, 6.45) is 5.00. The molecular weight excluding hydrogens is 534 g/mol. The van der Waals surface area contributed by atoms with E-state index in [9.17, 15) is 40.5 Å². The second-order valence-corrected chi connectivity index (χ2v) is 11.2. The van der Waals surface area contributed by atoms with Crippen LogP contribution in [0.2, 0.25) is 0 Å². The fraction of sp³-hybridized carbons (Fsp3) is 0.900. The van der Waals surface area contributed by atoms with Crippen molar-refractivity contribution in [2.45, 2.75) is 159 Å². The van der Waals surface area contributed by atoms with Gasteiger partial charge in [-0.1, -0.05) is 83.8 Å². The third kappa shape index (κ3) is 14.7. The van der Waals surface area contributed by atoms with E-state index < -0.39 is 74.2 Å². The van der Waals surface area contributed by atoms with E-state index in [1.54, 1.807) is 0 Å². The number of aliphatic hydroxyl groups excluding tert-OH is 7. The zero-order valence-electron chi connectivity index (χ0n) is 25.0. The van der Waals surface area contributed by atoms with Gasteiger partial charge >= 0.3 is 0 Å². The lowest BCUT2D eigenvalue weighted by Gasteiger charge is -2.40. The molecule has 0 aromatic carbocycles. The van der Waals surface area contributed by atoms with Crippen LogP contribution in [0, 0.1) is 0 Å². The minimum absolute atomic E-state index is 0.175. The first-order chi connectivity index (χ1) is 19.7. The van der Waals surface area contributed by atoms with Crippen LogP contribution in [0.25, 0.3) is 0 Å². The average molecular weight is 592 g/mol. The van der Waals surface area contributed by atoms with Gasteiger partial charge in [0.05, 0.1) is 25.4 Å². The highest BCUT2D eigenvalue weighted by Gasteiger charge is 2.44. The summed E-state index contributed by atoms with van der Waals surface area (Å²) >= 11 is 0. The van der Waals surface area contributed by atoms with Crippen molar-refractivity contribution < 1.29 is 50.0 Å². The Morgan fingerprint density at radius 1 is 0.829 bits per heavy atom. The molecule has 11 nitrogen and oxygen atoms in total. The van der Waals surface area contributed by atoms with E-state index in [2.05, 4.69) is 19.2 Å². The van der Waals surface area contributed by atoms with Crippen molar-refractivity contribution in [3.8, 4) is 0 Å². The van der Waals surface area contributed by atoms with Gasteiger partial charge in [-0.3, -0.25) is 4.79 Å². The molecule has 1 rings (SSSR count). The van der Waals surface area contributed by atoms with Crippen LogP contribution in [-0.2, 0) is 14.3 Å². The Hall–Kier alpha value is -1.15. The molecule has 0 radical (unpaired) electrons. The van der Waals surface area contributed by atoms with Crippen molar-refractivity contribution in [3.05, 3.63) is 12.2 Å². The molecule has 0 aromatic heterocycles. The molecular formula is C30H57NO10. The summed E-state index contributed by atoms with van der Waals surface area (Å²) in [5.41, 5.74) is 0. The number of nitrogens with one attached hydrogen (secondary N) is 1. The Balaban J connectivity index is 2.73. The van der Waals surface area contributed by atoms with Crippen molar-refractivity contribution in [1.29, 1.82) is 0 Å². The smallest absolute Gasteiger partial charge is 0.249 e. The maximum atomic E-state index is 12.8. The second-order valence-electron chi connectivity index (χ2n) is 11.2. The quantitative estimate of drug-likeness (QED) is 0.0637. The first kappa shape index (κ1) is 37.9. The molecule has 1 aliphatic rings. The second kappa shape index (κ2) is 22.4. The summed E-state index contributed by atoms with van der Waals surface area (Å²) in [6.45, 7) is 3.21. The molecule has 8 N–H and O–H groups in total. The van der Waals surface area contributed by atoms with Crippen LogP contribution in [-0.4, -0.2) is 110 Å². The Morgan fingerprint density at radius 3 is 2.10 bits per heavy atom. The van der Waals surface area contributed by atoms with Crippen molar-refractivity contribution in [3.63, 3.8) is 0 Å². The van der Waals surface area contributed by atoms with E-state index in [4.69, 9.17) is 9.47 Å². The zero-order chi connectivity index (χ0) is 30.6. The standard InChI is InChI=1S/C30H57NO10/c1-3-5-7-9-11-12-14-16-18-23(34)29(39)31-21(25(35)22(33)17-15-13-10-8-6-4-2)20-40-30-28(38)27(37)26(36)24(19-32)41-30/h12,14,21-28,30,32-38H,3-11,13,15-20H2,1-2H3,(H,31,39)/b14-12-. The molecule has 1 amide bonds. The van der Waals surface area contributed by atoms with Gasteiger partial charge < -0.3 is 50.5 Å². The van der Waals surface area contributed by atoms with Gasteiger partial charge in [0.15, 0.2) is 6.29 Å². The molecule has 242 valence electrons. The normalized spacial score (nSPS) is 26.1. The highest BCUT2D eigenvalue weighted by atomic mass is 16.7. The van der Waals surface area contributed by atoms with Gasteiger partial charge in [-0.25, -0.2) is 0 Å². The Morgan fingerprint density at radius 2 is 1.44 bits per heavy atom. The van der Waals surface area contributed by atoms with Crippen molar-refractivity contribution in [2.24, 2.45) is 0 Å². The van der Waals surface area contributed by atoms with Gasteiger partial charge in [-0.2, -0.15) is 0 Å². The van der Waals surface area contributed by atoms with Crippen molar-refractivity contribution in [1.82, 2.24) is 5.32 Å². The summed E-state index contributed by atoms with van der Waals surface area (Å²) in [5.74, 6) is -0.741. The number of carbonyl (C=O) groups is 1. The molecule has 0 saturated carbocycles. The largest absolute Gasteiger partial charge is 0.394 e. The number of rotatable bonds is 23. The maximum Gasteiger partial charge on any atom is 0.249 e. The molecule has 1 aliphatic heterocycles. The molecule has 1 heterocycles. The minimum Gasteiger partial charge on any atom is -0.394 e. The average Bonchev–Trinajstić information content (AvgIpc) is 2.97. The van der Waals surface area contributed by atoms with Crippen LogP contribution in [0.5, 0.6) is 0 Å². The molecule has 11 heteroatoms. The highest BCUT2D eigenvalue weighted by Crippen LogP contribution is 2.23. The molecule has 1 fully saturated rings. The summed E-state index contributed by atoms with van der Waals surface area (Å²) in [6, 6.07) is -1.17. The van der Waals surface area contributed by atoms with E-state index in [0.717, 1.165) is 44.9 Å². The Bertz CT molecular complexity index is 694. The van der Waals surface area contributed by atoms with Crippen molar-refractivity contribution in [2.75, 3.05) is 13.2 Å². The van der Waals surface area contributed by atoms with Gasteiger partial charge in [-0.05, 0) is 32.1 Å². The van der Waals surface area contributed by atoms with E-state index in [0.29, 0.717) is 19.3 Å². The number of carbonyl (C=O) groups excluding carboxylic acids is 1. The van der Waals surface area contributed by atoms with E-state index in [-0.39, 0.29) is 6.42 Å². The predicted molar refractivity (Wildman–Crippen MR) is 155 cm³/mol. The fourth-order valence-electron chi connectivity index (χ4n) is 4.79. The van der Waals surface area contributed by atoms with Crippen LogP contribution in [0.15, 0.2) is 12.2 Å². The molecule has 9 unspecified atom stereocenters. The number of ether oxygens (including phenoxy) is 2. The lowest BCUT2D eigenvalue weighted by atomic mass is 9.98. The van der Waals surface area contributed by atoms with Crippen LogP contribution in [0.3, 0.4) is 0 Å². The van der Waals surface area contributed by atoms with Gasteiger partial charge in [0.25, 0.3) is 0 Å². The SMILES string of the molecule is CCCCCC/C=C\CCC(O)C(=O)NC(COC1OC(CO)C(O)C(O)C1O)C(O)C(O)CCCCCCCC. The number of hydrogen-bond acceptors (Lipinski definition) is 10. The first-order valence-corrected chi connectivity index (χ1v) is 15.6. The number of allylic oxidation sites excluding steroid dienone is 2. The van der Waals surface area contributed by atoms with E-state index >= 15 is 0 Å². The highest BCUT2D eigenvalue weighted by molar-refractivity contribution is 5.80. The molecule has 1 saturated heterocycles. The molecule has 41 heavy (non-hydrogen) atoms. The lowest BCUT2D eigenvalue weighted by Crippen LogP contribution is -2.60.